The standard InChI is InChI=1S/C30H42O7/c1-17-10-8-9-11-23(31)18(2)15-28-27(34-7)16-26(36-28)21(5)24(12-13-25-22(6)35-25)37-30(33)20(4)14-19(3)29(17)32/h8-10,12-15,19,21-28,31H,11,16H2,1-7H3/b9-8+,13-12+,17-10+,18-15-,20-14+/t19-,21-,22+,23+,24+,25-,26+,27-,28-/m0/s1. The quantitative estimate of drug-likeness (QED) is 0.339. The molecule has 9 atom stereocenters. The van der Waals surface area contributed by atoms with Crippen LogP contribution >= 0.6 is 0 Å². The van der Waals surface area contributed by atoms with Crippen molar-refractivity contribution < 1.29 is 33.6 Å². The second-order valence-corrected chi connectivity index (χ2v) is 10.5. The van der Waals surface area contributed by atoms with E-state index in [-0.39, 0.29) is 42.2 Å². The molecule has 3 heterocycles. The molecule has 2 bridgehead atoms. The van der Waals surface area contributed by atoms with Crippen molar-refractivity contribution in [1.29, 1.82) is 0 Å². The Bertz CT molecular complexity index is 988. The lowest BCUT2D eigenvalue weighted by Crippen LogP contribution is -2.33. The Kier molecular flexibility index (Phi) is 10.2. The van der Waals surface area contributed by atoms with Crippen LogP contribution in [-0.2, 0) is 28.5 Å². The molecule has 0 aromatic rings. The van der Waals surface area contributed by atoms with Crippen molar-refractivity contribution in [3.8, 4) is 0 Å². The van der Waals surface area contributed by atoms with Crippen LogP contribution in [0.15, 0.2) is 59.3 Å². The summed E-state index contributed by atoms with van der Waals surface area (Å²) < 4.78 is 23.6. The van der Waals surface area contributed by atoms with Gasteiger partial charge in [0, 0.05) is 30.9 Å². The molecular weight excluding hydrogens is 472 g/mol. The van der Waals surface area contributed by atoms with Crippen LogP contribution in [0.3, 0.4) is 0 Å². The van der Waals surface area contributed by atoms with E-state index in [9.17, 15) is 14.7 Å². The van der Waals surface area contributed by atoms with Crippen LogP contribution in [0, 0.1) is 11.8 Å². The maximum atomic E-state index is 13.1. The van der Waals surface area contributed by atoms with Crippen molar-refractivity contribution in [3.63, 3.8) is 0 Å². The largest absolute Gasteiger partial charge is 0.454 e. The third kappa shape index (κ3) is 7.84. The molecule has 0 aliphatic carbocycles. The van der Waals surface area contributed by atoms with Crippen molar-refractivity contribution in [2.24, 2.45) is 11.8 Å². The molecule has 3 aliphatic heterocycles. The average molecular weight is 515 g/mol. The zero-order valence-corrected chi connectivity index (χ0v) is 23.0. The van der Waals surface area contributed by atoms with Gasteiger partial charge in [-0.2, -0.15) is 0 Å². The lowest BCUT2D eigenvalue weighted by molar-refractivity contribution is -0.146. The van der Waals surface area contributed by atoms with E-state index in [0.29, 0.717) is 24.0 Å². The number of hydrogen-bond donors (Lipinski definition) is 1. The van der Waals surface area contributed by atoms with Crippen LogP contribution in [0.25, 0.3) is 0 Å². The van der Waals surface area contributed by atoms with E-state index in [4.69, 9.17) is 18.9 Å². The highest BCUT2D eigenvalue weighted by Crippen LogP contribution is 2.33. The highest BCUT2D eigenvalue weighted by molar-refractivity contribution is 5.99. The highest BCUT2D eigenvalue weighted by atomic mass is 16.6. The monoisotopic (exact) mass is 514 g/mol. The number of aliphatic hydroxyl groups is 1. The molecule has 7 heteroatoms. The number of ketones is 1. The third-order valence-electron chi connectivity index (χ3n) is 7.48. The van der Waals surface area contributed by atoms with Crippen molar-refractivity contribution in [3.05, 3.63) is 59.3 Å². The first-order valence-electron chi connectivity index (χ1n) is 13.2. The van der Waals surface area contributed by atoms with Crippen molar-refractivity contribution >= 4 is 11.8 Å². The van der Waals surface area contributed by atoms with Crippen LogP contribution in [0.4, 0.5) is 0 Å². The number of methoxy groups -OCH3 is 1. The minimum Gasteiger partial charge on any atom is -0.454 e. The van der Waals surface area contributed by atoms with Gasteiger partial charge in [-0.15, -0.1) is 0 Å². The molecule has 2 saturated heterocycles. The van der Waals surface area contributed by atoms with E-state index in [0.717, 1.165) is 5.57 Å². The van der Waals surface area contributed by atoms with Gasteiger partial charge in [-0.1, -0.05) is 50.3 Å². The third-order valence-corrected chi connectivity index (χ3v) is 7.48. The zero-order chi connectivity index (χ0) is 27.3. The van der Waals surface area contributed by atoms with Gasteiger partial charge in [-0.25, -0.2) is 4.79 Å². The van der Waals surface area contributed by atoms with E-state index < -0.39 is 24.1 Å². The molecule has 37 heavy (non-hydrogen) atoms. The average Bonchev–Trinajstić information content (AvgIpc) is 3.42. The first kappa shape index (κ1) is 29.2. The van der Waals surface area contributed by atoms with Crippen LogP contribution in [0.5, 0.6) is 0 Å². The summed E-state index contributed by atoms with van der Waals surface area (Å²) in [5.41, 5.74) is 1.74. The number of rotatable bonds is 3. The fraction of sp³-hybridized carbons (Fsp3) is 0.600. The molecule has 7 nitrogen and oxygen atoms in total. The Hall–Kier alpha value is -2.32. The normalized spacial score (nSPS) is 43.4. The molecule has 0 unspecified atom stereocenters. The first-order chi connectivity index (χ1) is 17.5. The van der Waals surface area contributed by atoms with Crippen LogP contribution in [0.1, 0.15) is 54.4 Å². The summed E-state index contributed by atoms with van der Waals surface area (Å²) in [4.78, 5) is 25.9. The van der Waals surface area contributed by atoms with Crippen LogP contribution in [0.2, 0.25) is 0 Å². The van der Waals surface area contributed by atoms with Crippen LogP contribution in [-0.4, -0.2) is 66.7 Å². The molecule has 3 aliphatic rings. The number of cyclic esters (lactones) is 1. The summed E-state index contributed by atoms with van der Waals surface area (Å²) in [6, 6.07) is 0. The Morgan fingerprint density at radius 1 is 1.00 bits per heavy atom. The van der Waals surface area contributed by atoms with E-state index in [2.05, 4.69) is 0 Å². The molecule has 0 aromatic heterocycles. The summed E-state index contributed by atoms with van der Waals surface area (Å²) in [7, 11) is 1.66. The Labute approximate surface area is 220 Å². The molecule has 0 radical (unpaired) electrons. The maximum Gasteiger partial charge on any atom is 0.334 e. The highest BCUT2D eigenvalue weighted by Gasteiger charge is 2.41. The summed E-state index contributed by atoms with van der Waals surface area (Å²) in [5.74, 6) is -1.20. The number of carbonyl (C=O) groups excluding carboxylic acids is 2. The number of fused-ring (bicyclic) bond motifs is 2. The van der Waals surface area contributed by atoms with E-state index in [1.165, 1.54) is 0 Å². The molecule has 0 saturated carbocycles. The number of allylic oxidation sites excluding steroid dienone is 4. The Morgan fingerprint density at radius 2 is 1.68 bits per heavy atom. The number of esters is 1. The van der Waals surface area contributed by atoms with Crippen molar-refractivity contribution in [2.75, 3.05) is 7.11 Å². The SMILES string of the molecule is CO[C@H]1C[C@H]2O[C@H]1/C=C(/C)[C@H](O)C/C=C/C=C(\C)C(=O)[C@@H](C)/C=C(\C)C(=O)O[C@H](/C=C/[C@@H]1O[C@@H]1C)[C@@H]2C. The van der Waals surface area contributed by atoms with Crippen molar-refractivity contribution in [2.45, 2.75) is 97.1 Å². The molecule has 204 valence electrons. The van der Waals surface area contributed by atoms with E-state index in [1.54, 1.807) is 46.1 Å². The minimum absolute atomic E-state index is 0.0107. The van der Waals surface area contributed by atoms with Gasteiger partial charge < -0.3 is 24.1 Å². The maximum absolute atomic E-state index is 13.1. The van der Waals surface area contributed by atoms with Gasteiger partial charge in [-0.05, 0) is 51.3 Å². The lowest BCUT2D eigenvalue weighted by Gasteiger charge is -2.26. The molecule has 0 amide bonds. The second kappa shape index (κ2) is 13.0. The molecule has 0 aromatic carbocycles. The van der Waals surface area contributed by atoms with Gasteiger partial charge in [-0.3, -0.25) is 4.79 Å². The van der Waals surface area contributed by atoms with Gasteiger partial charge in [0.1, 0.15) is 18.3 Å². The number of epoxide rings is 1. The number of Topliss-reactive ketones (excluding diaryl/α,β-unsaturated/α-hetero) is 1. The summed E-state index contributed by atoms with van der Waals surface area (Å²) in [6.07, 6.45) is 12.0. The molecular formula is C30H42O7. The summed E-state index contributed by atoms with van der Waals surface area (Å²) in [5, 5.41) is 10.7. The Balaban J connectivity index is 1.94. The lowest BCUT2D eigenvalue weighted by atomic mass is 9.93. The van der Waals surface area contributed by atoms with E-state index >= 15 is 0 Å². The first-order valence-corrected chi connectivity index (χ1v) is 13.2. The smallest absolute Gasteiger partial charge is 0.334 e. The van der Waals surface area contributed by atoms with Gasteiger partial charge in [0.05, 0.1) is 24.4 Å². The number of hydrogen-bond acceptors (Lipinski definition) is 7. The number of ether oxygens (including phenoxy) is 4. The molecule has 1 N–H and O–H groups in total. The minimum atomic E-state index is -0.679. The predicted molar refractivity (Wildman–Crippen MR) is 142 cm³/mol. The van der Waals surface area contributed by atoms with Crippen molar-refractivity contribution in [1.82, 2.24) is 0 Å². The Morgan fingerprint density at radius 3 is 2.32 bits per heavy atom. The number of carbonyl (C=O) groups is 2. The summed E-state index contributed by atoms with van der Waals surface area (Å²) in [6.45, 7) is 11.0. The molecule has 0 spiro atoms. The predicted octanol–water partition coefficient (Wildman–Crippen LogP) is 4.42. The van der Waals surface area contributed by atoms with E-state index in [1.807, 2.05) is 45.1 Å². The van der Waals surface area contributed by atoms with Gasteiger partial charge >= 0.3 is 5.97 Å². The topological polar surface area (TPSA) is 94.6 Å². The number of aliphatic hydroxyl groups excluding tert-OH is 1. The summed E-state index contributed by atoms with van der Waals surface area (Å²) >= 11 is 0. The van der Waals surface area contributed by atoms with Gasteiger partial charge in [0.2, 0.25) is 0 Å². The molecule has 2 fully saturated rings. The fourth-order valence-electron chi connectivity index (χ4n) is 4.73. The fourth-order valence-corrected chi connectivity index (χ4v) is 4.73. The van der Waals surface area contributed by atoms with Gasteiger partial charge in [0.25, 0.3) is 0 Å². The van der Waals surface area contributed by atoms with Crippen LogP contribution < -0.4 is 0 Å². The zero-order valence-electron chi connectivity index (χ0n) is 23.0. The second-order valence-electron chi connectivity index (χ2n) is 10.5. The molecule has 3 rings (SSSR count). The van der Waals surface area contributed by atoms with Gasteiger partial charge in [0.15, 0.2) is 5.78 Å².